The molecule has 0 aliphatic heterocycles. The van der Waals surface area contributed by atoms with E-state index in [1.165, 1.54) is 12.3 Å². The van der Waals surface area contributed by atoms with Gasteiger partial charge in [0.1, 0.15) is 5.78 Å². The number of carbonyl (C=O) groups excluding carboxylic acids is 1. The Morgan fingerprint density at radius 1 is 1.44 bits per heavy atom. The molecule has 1 heterocycles. The topological polar surface area (TPSA) is 111 Å². The lowest BCUT2D eigenvalue weighted by atomic mass is 10.2. The van der Waals surface area contributed by atoms with E-state index in [1.54, 1.807) is 0 Å². The van der Waals surface area contributed by atoms with Gasteiger partial charge in [0.2, 0.25) is 5.88 Å². The maximum atomic E-state index is 11.1. The van der Waals surface area contributed by atoms with Gasteiger partial charge in [-0.15, -0.1) is 0 Å². The minimum Gasteiger partial charge on any atom is -0.476 e. The molecule has 6 nitrogen and oxygen atoms in total. The smallest absolute Gasteiger partial charge is 0.237 e. The maximum Gasteiger partial charge on any atom is 0.237 e. The highest BCUT2D eigenvalue weighted by Gasteiger charge is 2.05. The number of anilines is 2. The maximum absolute atomic E-state index is 11.1. The van der Waals surface area contributed by atoms with Crippen LogP contribution in [0.15, 0.2) is 12.3 Å². The molecule has 0 bridgehead atoms. The summed E-state index contributed by atoms with van der Waals surface area (Å²) >= 11 is 0. The van der Waals surface area contributed by atoms with E-state index in [1.807, 2.05) is 0 Å². The molecule has 0 unspecified atom stereocenters. The van der Waals surface area contributed by atoms with Crippen molar-refractivity contribution in [3.63, 3.8) is 0 Å². The van der Waals surface area contributed by atoms with Crippen molar-refractivity contribution in [3.05, 3.63) is 12.3 Å². The quantitative estimate of drug-likeness (QED) is 0.626. The van der Waals surface area contributed by atoms with Crippen molar-refractivity contribution in [3.8, 4) is 5.88 Å². The number of ketones is 1. The number of pyridine rings is 1. The number of hydrogen-bond donors (Lipinski definition) is 3. The van der Waals surface area contributed by atoms with Crippen LogP contribution in [0.25, 0.3) is 0 Å². The highest BCUT2D eigenvalue weighted by atomic mass is 16.5. The van der Waals surface area contributed by atoms with Crippen molar-refractivity contribution in [2.45, 2.75) is 12.8 Å². The van der Waals surface area contributed by atoms with Gasteiger partial charge >= 0.3 is 0 Å². The zero-order valence-electron chi connectivity index (χ0n) is 8.85. The molecule has 0 aliphatic rings. The second-order valence-corrected chi connectivity index (χ2v) is 3.27. The Hall–Kier alpha value is -1.82. The van der Waals surface area contributed by atoms with Crippen LogP contribution in [0.2, 0.25) is 0 Å². The fraction of sp³-hybridized carbons (Fsp3) is 0.400. The average molecular weight is 225 g/mol. The first-order valence-corrected chi connectivity index (χ1v) is 4.90. The number of nitrogens with two attached hydrogens (primary N) is 2. The normalized spacial score (nSPS) is 10.1. The SMILES string of the molecule is Nc1cnc(OCCC(=O)CCO)c(N)c1. The molecule has 5 N–H and O–H groups in total. The van der Waals surface area contributed by atoms with Crippen LogP contribution >= 0.6 is 0 Å². The van der Waals surface area contributed by atoms with Gasteiger partial charge in [-0.25, -0.2) is 4.98 Å². The summed E-state index contributed by atoms with van der Waals surface area (Å²) < 4.78 is 5.21. The van der Waals surface area contributed by atoms with Crippen LogP contribution in [0.5, 0.6) is 5.88 Å². The molecule has 16 heavy (non-hydrogen) atoms. The van der Waals surface area contributed by atoms with Gasteiger partial charge in [-0.3, -0.25) is 4.79 Å². The van der Waals surface area contributed by atoms with E-state index in [9.17, 15) is 4.79 Å². The molecule has 0 spiro atoms. The molecule has 0 saturated carbocycles. The molecule has 0 amide bonds. The van der Waals surface area contributed by atoms with Gasteiger partial charge in [-0.2, -0.15) is 0 Å². The van der Waals surface area contributed by atoms with Crippen LogP contribution in [0, 0.1) is 0 Å². The monoisotopic (exact) mass is 225 g/mol. The summed E-state index contributed by atoms with van der Waals surface area (Å²) in [6.45, 7) is 0.0566. The van der Waals surface area contributed by atoms with Crippen molar-refractivity contribution in [2.75, 3.05) is 24.7 Å². The lowest BCUT2D eigenvalue weighted by molar-refractivity contribution is -0.120. The summed E-state index contributed by atoms with van der Waals surface area (Å²) in [6.07, 6.45) is 1.81. The Bertz CT molecular complexity index is 368. The van der Waals surface area contributed by atoms with Crippen molar-refractivity contribution in [1.29, 1.82) is 0 Å². The molecule has 0 fully saturated rings. The summed E-state index contributed by atoms with van der Waals surface area (Å²) in [5.74, 6) is 0.211. The largest absolute Gasteiger partial charge is 0.476 e. The fourth-order valence-electron chi connectivity index (χ4n) is 1.12. The van der Waals surface area contributed by atoms with E-state index in [-0.39, 0.29) is 37.7 Å². The number of aliphatic hydroxyl groups is 1. The molecule has 1 aromatic rings. The highest BCUT2D eigenvalue weighted by molar-refractivity contribution is 5.78. The predicted octanol–water partition coefficient (Wildman–Crippen LogP) is -0.0336. The third-order valence-corrected chi connectivity index (χ3v) is 1.91. The first kappa shape index (κ1) is 12.3. The third-order valence-electron chi connectivity index (χ3n) is 1.91. The Morgan fingerprint density at radius 2 is 2.19 bits per heavy atom. The summed E-state index contributed by atoms with van der Waals surface area (Å²) in [7, 11) is 0. The average Bonchev–Trinajstić information content (AvgIpc) is 2.22. The Balaban J connectivity index is 2.40. The number of hydrogen-bond acceptors (Lipinski definition) is 6. The van der Waals surface area contributed by atoms with E-state index in [4.69, 9.17) is 21.3 Å². The van der Waals surface area contributed by atoms with Crippen LogP contribution in [-0.2, 0) is 4.79 Å². The second kappa shape index (κ2) is 5.92. The van der Waals surface area contributed by atoms with Gasteiger partial charge < -0.3 is 21.3 Å². The summed E-state index contributed by atoms with van der Waals surface area (Å²) in [5.41, 5.74) is 11.9. The zero-order chi connectivity index (χ0) is 12.0. The van der Waals surface area contributed by atoms with E-state index in [0.717, 1.165) is 0 Å². The molecule has 0 atom stereocenters. The molecular formula is C10H15N3O3. The van der Waals surface area contributed by atoms with Crippen molar-refractivity contribution in [1.82, 2.24) is 4.98 Å². The first-order valence-electron chi connectivity index (χ1n) is 4.90. The molecule has 0 radical (unpaired) electrons. The number of nitrogen functional groups attached to an aromatic ring is 2. The molecular weight excluding hydrogens is 210 g/mol. The molecule has 0 saturated heterocycles. The molecule has 6 heteroatoms. The minimum absolute atomic E-state index is 0.0588. The fourth-order valence-corrected chi connectivity index (χ4v) is 1.12. The van der Waals surface area contributed by atoms with Gasteiger partial charge in [-0.1, -0.05) is 0 Å². The standard InChI is InChI=1S/C10H15N3O3/c11-7-5-9(12)10(13-6-7)16-4-2-8(15)1-3-14/h5-6,14H,1-4,11-12H2. The lowest BCUT2D eigenvalue weighted by Gasteiger charge is -2.07. The van der Waals surface area contributed by atoms with Crippen LogP contribution in [0.4, 0.5) is 11.4 Å². The number of rotatable bonds is 6. The van der Waals surface area contributed by atoms with Gasteiger partial charge in [0, 0.05) is 19.4 Å². The van der Waals surface area contributed by atoms with Crippen molar-refractivity contribution in [2.24, 2.45) is 0 Å². The van der Waals surface area contributed by atoms with Crippen LogP contribution in [0.3, 0.4) is 0 Å². The first-order chi connectivity index (χ1) is 7.63. The van der Waals surface area contributed by atoms with E-state index in [0.29, 0.717) is 11.4 Å². The van der Waals surface area contributed by atoms with E-state index in [2.05, 4.69) is 4.98 Å². The van der Waals surface area contributed by atoms with E-state index >= 15 is 0 Å². The lowest BCUT2D eigenvalue weighted by Crippen LogP contribution is -2.09. The summed E-state index contributed by atoms with van der Waals surface area (Å²) in [5, 5.41) is 8.52. The minimum atomic E-state index is -0.138. The molecule has 0 aromatic carbocycles. The number of nitrogens with zero attached hydrogens (tertiary/aromatic N) is 1. The number of Topliss-reactive ketones (excluding diaryl/α,β-unsaturated/α-hetero) is 1. The molecule has 0 aliphatic carbocycles. The summed E-state index contributed by atoms with van der Waals surface area (Å²) in [6, 6.07) is 1.54. The van der Waals surface area contributed by atoms with Crippen LogP contribution in [0.1, 0.15) is 12.8 Å². The van der Waals surface area contributed by atoms with Gasteiger partial charge in [0.05, 0.1) is 24.2 Å². The van der Waals surface area contributed by atoms with Gasteiger partial charge in [-0.05, 0) is 6.07 Å². The number of aromatic nitrogens is 1. The van der Waals surface area contributed by atoms with Crippen molar-refractivity contribution >= 4 is 17.2 Å². The summed E-state index contributed by atoms with van der Waals surface area (Å²) in [4.78, 5) is 14.9. The number of aliphatic hydroxyl groups excluding tert-OH is 1. The molecule has 1 aromatic heterocycles. The third kappa shape index (κ3) is 3.74. The van der Waals surface area contributed by atoms with Crippen LogP contribution in [-0.4, -0.2) is 29.1 Å². The molecule has 88 valence electrons. The van der Waals surface area contributed by atoms with E-state index < -0.39 is 0 Å². The Kier molecular flexibility index (Phi) is 4.53. The number of ether oxygens (including phenoxy) is 1. The van der Waals surface area contributed by atoms with Gasteiger partial charge in [0.25, 0.3) is 0 Å². The predicted molar refractivity (Wildman–Crippen MR) is 59.9 cm³/mol. The Labute approximate surface area is 93.2 Å². The van der Waals surface area contributed by atoms with Gasteiger partial charge in [0.15, 0.2) is 0 Å². The number of carbonyl (C=O) groups is 1. The zero-order valence-corrected chi connectivity index (χ0v) is 8.85. The highest BCUT2D eigenvalue weighted by Crippen LogP contribution is 2.19. The van der Waals surface area contributed by atoms with Crippen molar-refractivity contribution < 1.29 is 14.6 Å². The second-order valence-electron chi connectivity index (χ2n) is 3.27. The Morgan fingerprint density at radius 3 is 2.81 bits per heavy atom. The van der Waals surface area contributed by atoms with Crippen LogP contribution < -0.4 is 16.2 Å². The molecule has 1 rings (SSSR count).